The van der Waals surface area contributed by atoms with Crippen LogP contribution in [0.5, 0.6) is 0 Å². The second-order valence-corrected chi connectivity index (χ2v) is 10.2. The molecule has 0 unspecified atom stereocenters. The summed E-state index contributed by atoms with van der Waals surface area (Å²) >= 11 is 0. The quantitative estimate of drug-likeness (QED) is 0.239. The van der Waals surface area contributed by atoms with Crippen LogP contribution in [0.1, 0.15) is 28.4 Å². The molecule has 1 aliphatic heterocycles. The van der Waals surface area contributed by atoms with Crippen LogP contribution in [0, 0.1) is 11.3 Å². The lowest BCUT2D eigenvalue weighted by atomic mass is 9.92. The summed E-state index contributed by atoms with van der Waals surface area (Å²) in [7, 11) is 0. The van der Waals surface area contributed by atoms with E-state index in [9.17, 15) is 5.26 Å². The van der Waals surface area contributed by atoms with Gasteiger partial charge in [0, 0.05) is 11.1 Å². The molecule has 6 aromatic carbocycles. The SMILES string of the molecule is N#Cc1ccc(-c2cccc3c(-c4ccc(C5=N[C@H](c6ccccc6)NC(c6ccccc6)=N5)cc4)cccc23)cc1. The zero-order valence-corrected chi connectivity index (χ0v) is 22.8. The summed E-state index contributed by atoms with van der Waals surface area (Å²) < 4.78 is 0. The van der Waals surface area contributed by atoms with Gasteiger partial charge in [-0.25, -0.2) is 9.98 Å². The van der Waals surface area contributed by atoms with Crippen molar-refractivity contribution in [2.24, 2.45) is 9.98 Å². The number of rotatable bonds is 5. The minimum atomic E-state index is -0.229. The highest BCUT2D eigenvalue weighted by atomic mass is 15.2. The van der Waals surface area contributed by atoms with Crippen molar-refractivity contribution in [3.63, 3.8) is 0 Å². The number of fused-ring (bicyclic) bond motifs is 1. The fourth-order valence-electron chi connectivity index (χ4n) is 5.46. The summed E-state index contributed by atoms with van der Waals surface area (Å²) in [4.78, 5) is 9.95. The smallest absolute Gasteiger partial charge is 0.159 e. The van der Waals surface area contributed by atoms with Gasteiger partial charge in [-0.2, -0.15) is 5.26 Å². The van der Waals surface area contributed by atoms with E-state index in [1.807, 2.05) is 60.7 Å². The Balaban J connectivity index is 1.26. The third-order valence-electron chi connectivity index (χ3n) is 7.61. The molecule has 4 nitrogen and oxygen atoms in total. The number of hydrogen-bond donors (Lipinski definition) is 1. The molecular weight excluding hydrogens is 512 g/mol. The van der Waals surface area contributed by atoms with Crippen molar-refractivity contribution in [2.45, 2.75) is 6.17 Å². The maximum absolute atomic E-state index is 9.20. The first-order valence-electron chi connectivity index (χ1n) is 13.9. The van der Waals surface area contributed by atoms with Crippen LogP contribution in [-0.4, -0.2) is 11.7 Å². The summed E-state index contributed by atoms with van der Waals surface area (Å²) in [5, 5.41) is 15.1. The van der Waals surface area contributed by atoms with Gasteiger partial charge in [-0.1, -0.05) is 133 Å². The fourth-order valence-corrected chi connectivity index (χ4v) is 5.46. The van der Waals surface area contributed by atoms with E-state index >= 15 is 0 Å². The summed E-state index contributed by atoms with van der Waals surface area (Å²) in [6.07, 6.45) is -0.229. The molecule has 0 radical (unpaired) electrons. The average Bonchev–Trinajstić information content (AvgIpc) is 3.08. The summed E-state index contributed by atoms with van der Waals surface area (Å²) in [6, 6.07) is 51.8. The van der Waals surface area contributed by atoms with Crippen molar-refractivity contribution in [1.82, 2.24) is 5.32 Å². The van der Waals surface area contributed by atoms with Crippen LogP contribution in [-0.2, 0) is 0 Å². The minimum Gasteiger partial charge on any atom is -0.344 e. The van der Waals surface area contributed by atoms with Gasteiger partial charge in [-0.3, -0.25) is 0 Å². The lowest BCUT2D eigenvalue weighted by molar-refractivity contribution is 0.674. The molecule has 0 bridgehead atoms. The Hall–Kier alpha value is -5.79. The number of amidine groups is 2. The molecule has 1 N–H and O–H groups in total. The molecule has 0 saturated carbocycles. The molecule has 1 aliphatic rings. The van der Waals surface area contributed by atoms with Gasteiger partial charge in [-0.15, -0.1) is 0 Å². The van der Waals surface area contributed by atoms with E-state index in [1.165, 1.54) is 10.8 Å². The van der Waals surface area contributed by atoms with Crippen LogP contribution in [0.25, 0.3) is 33.0 Å². The first kappa shape index (κ1) is 25.2. The van der Waals surface area contributed by atoms with Crippen LogP contribution < -0.4 is 5.32 Å². The average molecular weight is 539 g/mol. The van der Waals surface area contributed by atoms with Crippen LogP contribution in [0.3, 0.4) is 0 Å². The molecule has 198 valence electrons. The van der Waals surface area contributed by atoms with E-state index in [0.717, 1.165) is 44.8 Å². The standard InChI is InChI=1S/C38H26N4/c39-25-26-17-19-27(20-18-26)32-13-7-16-35-33(14-8-15-34(32)35)28-21-23-31(24-22-28)38-41-36(29-9-3-1-4-10-29)40-37(42-38)30-11-5-2-6-12-30/h1-24,36H,(H,40,41,42)/t36-/m1/s1. The molecule has 0 aliphatic carbocycles. The first-order valence-corrected chi connectivity index (χ1v) is 13.9. The largest absolute Gasteiger partial charge is 0.344 e. The van der Waals surface area contributed by atoms with Gasteiger partial charge in [0.2, 0.25) is 0 Å². The molecular formula is C38H26N4. The van der Waals surface area contributed by atoms with Gasteiger partial charge in [0.25, 0.3) is 0 Å². The first-order chi connectivity index (χ1) is 20.8. The monoisotopic (exact) mass is 538 g/mol. The fraction of sp³-hybridized carbons (Fsp3) is 0.0263. The zero-order chi connectivity index (χ0) is 28.3. The predicted octanol–water partition coefficient (Wildman–Crippen LogP) is 8.54. The molecule has 0 fully saturated rings. The van der Waals surface area contributed by atoms with E-state index < -0.39 is 0 Å². The van der Waals surface area contributed by atoms with Crippen molar-refractivity contribution in [3.05, 3.63) is 168 Å². The highest BCUT2D eigenvalue weighted by Crippen LogP contribution is 2.35. The van der Waals surface area contributed by atoms with Crippen LogP contribution in [0.2, 0.25) is 0 Å². The van der Waals surface area contributed by atoms with Crippen molar-refractivity contribution in [3.8, 4) is 28.3 Å². The topological polar surface area (TPSA) is 60.5 Å². The molecule has 7 rings (SSSR count). The highest BCUT2D eigenvalue weighted by molar-refractivity contribution is 6.13. The molecule has 1 atom stereocenters. The second-order valence-electron chi connectivity index (χ2n) is 10.2. The van der Waals surface area contributed by atoms with E-state index in [4.69, 9.17) is 9.98 Å². The second kappa shape index (κ2) is 11.0. The van der Waals surface area contributed by atoms with Gasteiger partial charge < -0.3 is 5.32 Å². The van der Waals surface area contributed by atoms with E-state index in [0.29, 0.717) is 11.4 Å². The van der Waals surface area contributed by atoms with Gasteiger partial charge in [0.1, 0.15) is 12.0 Å². The number of aliphatic imine (C=N–C) groups is 2. The number of benzene rings is 6. The molecule has 0 amide bonds. The Bertz CT molecular complexity index is 1980. The predicted molar refractivity (Wildman–Crippen MR) is 171 cm³/mol. The van der Waals surface area contributed by atoms with Crippen LogP contribution in [0.15, 0.2) is 156 Å². The Morgan fingerprint density at radius 1 is 0.524 bits per heavy atom. The van der Waals surface area contributed by atoms with Crippen LogP contribution in [0.4, 0.5) is 0 Å². The van der Waals surface area contributed by atoms with Crippen molar-refractivity contribution < 1.29 is 0 Å². The molecule has 0 spiro atoms. The Kier molecular flexibility index (Phi) is 6.60. The minimum absolute atomic E-state index is 0.229. The number of hydrogen-bond acceptors (Lipinski definition) is 4. The number of nitrogens with zero attached hydrogens (tertiary/aromatic N) is 3. The lowest BCUT2D eigenvalue weighted by Gasteiger charge is -2.23. The van der Waals surface area contributed by atoms with Crippen molar-refractivity contribution in [2.75, 3.05) is 0 Å². The Morgan fingerprint density at radius 3 is 1.67 bits per heavy atom. The third kappa shape index (κ3) is 4.85. The third-order valence-corrected chi connectivity index (χ3v) is 7.61. The summed E-state index contributed by atoms with van der Waals surface area (Å²) in [5.41, 5.74) is 8.27. The molecule has 1 heterocycles. The van der Waals surface area contributed by atoms with Crippen molar-refractivity contribution in [1.29, 1.82) is 5.26 Å². The summed E-state index contributed by atoms with van der Waals surface area (Å²) in [5.74, 6) is 1.51. The van der Waals surface area contributed by atoms with Crippen molar-refractivity contribution >= 4 is 22.4 Å². The van der Waals surface area contributed by atoms with Gasteiger partial charge >= 0.3 is 0 Å². The van der Waals surface area contributed by atoms with Gasteiger partial charge in [0.15, 0.2) is 5.84 Å². The summed E-state index contributed by atoms with van der Waals surface area (Å²) in [6.45, 7) is 0. The highest BCUT2D eigenvalue weighted by Gasteiger charge is 2.21. The molecule has 4 heteroatoms. The van der Waals surface area contributed by atoms with Gasteiger partial charge in [-0.05, 0) is 50.7 Å². The Labute approximate surface area is 245 Å². The lowest BCUT2D eigenvalue weighted by Crippen LogP contribution is -2.33. The normalized spacial score (nSPS) is 14.4. The van der Waals surface area contributed by atoms with E-state index in [1.54, 1.807) is 0 Å². The maximum atomic E-state index is 9.20. The zero-order valence-electron chi connectivity index (χ0n) is 22.8. The molecule has 6 aromatic rings. The van der Waals surface area contributed by atoms with E-state index in [2.05, 4.69) is 96.3 Å². The Morgan fingerprint density at radius 2 is 1.07 bits per heavy atom. The van der Waals surface area contributed by atoms with Gasteiger partial charge in [0.05, 0.1) is 11.6 Å². The molecule has 42 heavy (non-hydrogen) atoms. The molecule has 0 saturated heterocycles. The maximum Gasteiger partial charge on any atom is 0.159 e. The number of nitriles is 1. The van der Waals surface area contributed by atoms with E-state index in [-0.39, 0.29) is 6.17 Å². The number of nitrogens with one attached hydrogen (secondary N) is 1. The van der Waals surface area contributed by atoms with Crippen LogP contribution >= 0.6 is 0 Å². The molecule has 0 aromatic heterocycles.